The fraction of sp³-hybridized carbons (Fsp3) is 0.917. The van der Waals surface area contributed by atoms with Crippen LogP contribution in [0.4, 0.5) is 0 Å². The zero-order valence-electron chi connectivity index (χ0n) is 40.0. The van der Waals surface area contributed by atoms with Crippen molar-refractivity contribution in [3.05, 3.63) is 11.6 Å². The highest BCUT2D eigenvalue weighted by molar-refractivity contribution is 5.80. The Morgan fingerprint density at radius 1 is 0.647 bits per heavy atom. The third-order valence-electron chi connectivity index (χ3n) is 19.3. The Balaban J connectivity index is 1.04. The predicted molar refractivity (Wildman–Crippen MR) is 232 cm³/mol. The summed E-state index contributed by atoms with van der Waals surface area (Å²) in [5.41, 5.74) is -2.36. The topological polar surface area (TPSA) is 332 Å². The summed E-state index contributed by atoms with van der Waals surface area (Å²) in [6, 6.07) is 0. The van der Waals surface area contributed by atoms with Crippen molar-refractivity contribution in [2.24, 2.45) is 50.2 Å². The lowest BCUT2D eigenvalue weighted by Crippen LogP contribution is -2.68. The molecule has 0 unspecified atom stereocenters. The first-order valence-corrected chi connectivity index (χ1v) is 24.4. The van der Waals surface area contributed by atoms with E-state index in [1.165, 1.54) is 0 Å². The number of hydrogen-bond acceptors (Lipinski definition) is 19. The van der Waals surface area contributed by atoms with E-state index in [2.05, 4.69) is 54.5 Å². The molecule has 0 aromatic heterocycles. The van der Waals surface area contributed by atoms with E-state index in [9.17, 15) is 70.9 Å². The van der Waals surface area contributed by atoms with Gasteiger partial charge in [0.05, 0.1) is 25.4 Å². The Morgan fingerprint density at radius 2 is 1.24 bits per heavy atom. The molecule has 4 saturated carbocycles. The predicted octanol–water partition coefficient (Wildman–Crippen LogP) is -0.796. The van der Waals surface area contributed by atoms with Crippen molar-refractivity contribution in [1.29, 1.82) is 0 Å². The smallest absolute Gasteiger partial charge is 0.335 e. The van der Waals surface area contributed by atoms with E-state index < -0.39 is 152 Å². The van der Waals surface area contributed by atoms with Crippen LogP contribution in [0.25, 0.3) is 0 Å². The van der Waals surface area contributed by atoms with Gasteiger partial charge in [-0.05, 0) is 103 Å². The molecule has 0 aromatic carbocycles. The number of carbonyl (C=O) groups is 2. The molecule has 0 spiro atoms. The molecule has 20 nitrogen and oxygen atoms in total. The standard InChI is InChI=1S/C48H76O20/c1-43(2)14-15-48(42(62)68-40-33(57)31(55)29(53)23(19-50)64-40)21(16-43)20-8-9-25-45(5)12-11-27(44(3,4)24(45)10-13-46(25,6)47(20,7)17-26(48)51)65-41-35(59)36(34(58)37(67-41)38(60)61)66-39-32(56)30(54)28(52)22(18-49)63-39/h8,21-37,39-41,49-59H,9-19H2,1-7H3,(H,60,61)/t21-,22+,23+,24-,25+,26-,27-,28-,29+,30-,31-,32+,33+,34-,35+,36-,37-,39-,40-,41+,45-,46+,47+,48+/m0/s1. The quantitative estimate of drug-likeness (QED) is 0.0765. The minimum absolute atomic E-state index is 0.0304. The van der Waals surface area contributed by atoms with Crippen LogP contribution in [-0.2, 0) is 38.0 Å². The average molecular weight is 973 g/mol. The zero-order chi connectivity index (χ0) is 50.0. The number of esters is 1. The van der Waals surface area contributed by atoms with E-state index in [0.29, 0.717) is 38.5 Å². The third-order valence-corrected chi connectivity index (χ3v) is 19.3. The Bertz CT molecular complexity index is 1910. The van der Waals surface area contributed by atoms with Crippen molar-refractivity contribution in [1.82, 2.24) is 0 Å². The van der Waals surface area contributed by atoms with Gasteiger partial charge < -0.3 is 89.7 Å². The second kappa shape index (κ2) is 18.2. The number of rotatable bonds is 9. The van der Waals surface area contributed by atoms with Gasteiger partial charge >= 0.3 is 11.9 Å². The number of carboxylic acid groups (broad SMARTS) is 1. The largest absolute Gasteiger partial charge is 0.479 e. The number of allylic oxidation sites excluding steroid dienone is 2. The average Bonchev–Trinajstić information content (AvgIpc) is 3.26. The van der Waals surface area contributed by atoms with Gasteiger partial charge in [0.2, 0.25) is 6.29 Å². The molecule has 7 fully saturated rings. The van der Waals surface area contributed by atoms with Gasteiger partial charge in [-0.3, -0.25) is 4.79 Å². The highest BCUT2D eigenvalue weighted by Gasteiger charge is 2.72. The van der Waals surface area contributed by atoms with Gasteiger partial charge in [0.25, 0.3) is 0 Å². The number of aliphatic hydroxyl groups excluding tert-OH is 11. The SMILES string of the molecule is CC1(C)CC[C@]2(C(=O)O[C@@H]3O[C@H](CO)[C@@H](O)[C@H](O)[C@H]3O)[C@@H](O)C[C@]3(C)C(=CC[C@@H]4[C@@]5(C)CC[C@H](O[C@@H]6O[C@H](C(=O)O)[C@@H](O)[C@H](O[C@@H]7O[C@H](CO)[C@H](O)[C@H](O)[C@H]7O)[C@H]6O)C(C)(C)[C@@H]5CC[C@]43C)[C@@H]2C1. The van der Waals surface area contributed by atoms with Crippen LogP contribution >= 0.6 is 0 Å². The number of aliphatic hydroxyl groups is 11. The van der Waals surface area contributed by atoms with Crippen molar-refractivity contribution in [2.75, 3.05) is 13.2 Å². The van der Waals surface area contributed by atoms with Crippen LogP contribution < -0.4 is 0 Å². The van der Waals surface area contributed by atoms with Gasteiger partial charge in [-0.1, -0.05) is 60.1 Å². The first kappa shape index (κ1) is 52.4. The van der Waals surface area contributed by atoms with E-state index in [-0.39, 0.29) is 34.5 Å². The minimum Gasteiger partial charge on any atom is -0.479 e. The van der Waals surface area contributed by atoms with Crippen molar-refractivity contribution in [3.8, 4) is 0 Å². The second-order valence-electron chi connectivity index (χ2n) is 23.6. The summed E-state index contributed by atoms with van der Waals surface area (Å²) in [5, 5.41) is 128. The Kier molecular flexibility index (Phi) is 14.0. The molecule has 5 aliphatic carbocycles. The van der Waals surface area contributed by atoms with E-state index in [1.807, 2.05) is 0 Å². The number of hydrogen-bond donors (Lipinski definition) is 12. The first-order chi connectivity index (χ1) is 31.6. The lowest BCUT2D eigenvalue weighted by atomic mass is 9.33. The van der Waals surface area contributed by atoms with E-state index in [0.717, 1.165) is 18.4 Å². The molecule has 0 radical (unpaired) electrons. The van der Waals surface area contributed by atoms with Gasteiger partial charge in [0.15, 0.2) is 18.7 Å². The van der Waals surface area contributed by atoms with Gasteiger partial charge in [0.1, 0.15) is 72.6 Å². The van der Waals surface area contributed by atoms with Gasteiger partial charge in [0, 0.05) is 0 Å². The molecule has 3 aliphatic heterocycles. The van der Waals surface area contributed by atoms with Gasteiger partial charge in [-0.2, -0.15) is 0 Å². The normalized spacial score (nSPS) is 53.1. The summed E-state index contributed by atoms with van der Waals surface area (Å²) in [6.07, 6.45) is -20.3. The van der Waals surface area contributed by atoms with Gasteiger partial charge in [-0.15, -0.1) is 0 Å². The Labute approximate surface area is 396 Å². The van der Waals surface area contributed by atoms with Crippen LogP contribution in [0.15, 0.2) is 11.6 Å². The molecule has 24 atom stereocenters. The molecule has 8 rings (SSSR count). The van der Waals surface area contributed by atoms with E-state index in [4.69, 9.17) is 28.4 Å². The molecule has 0 amide bonds. The summed E-state index contributed by atoms with van der Waals surface area (Å²) in [7, 11) is 0. The highest BCUT2D eigenvalue weighted by Crippen LogP contribution is 2.76. The maximum atomic E-state index is 14.7. The lowest BCUT2D eigenvalue weighted by molar-refractivity contribution is -0.365. The molecule has 68 heavy (non-hydrogen) atoms. The van der Waals surface area contributed by atoms with E-state index >= 15 is 0 Å². The fourth-order valence-corrected chi connectivity index (χ4v) is 15.1. The molecule has 3 saturated heterocycles. The molecule has 3 heterocycles. The molecular weight excluding hydrogens is 897 g/mol. The number of ether oxygens (including phenoxy) is 6. The molecule has 20 heteroatoms. The fourth-order valence-electron chi connectivity index (χ4n) is 15.1. The van der Waals surface area contributed by atoms with Crippen molar-refractivity contribution in [2.45, 2.75) is 211 Å². The maximum Gasteiger partial charge on any atom is 0.335 e. The number of carbonyl (C=O) groups excluding carboxylic acids is 1. The number of aliphatic carboxylic acids is 1. The summed E-state index contributed by atoms with van der Waals surface area (Å²) in [6.45, 7) is 13.8. The monoisotopic (exact) mass is 972 g/mol. The summed E-state index contributed by atoms with van der Waals surface area (Å²) in [4.78, 5) is 27.1. The molecule has 0 aromatic rings. The first-order valence-electron chi connectivity index (χ1n) is 24.4. The summed E-state index contributed by atoms with van der Waals surface area (Å²) < 4.78 is 35.0. The minimum atomic E-state index is -1.99. The van der Waals surface area contributed by atoms with Gasteiger partial charge in [-0.25, -0.2) is 4.79 Å². The molecular formula is C48H76O20. The molecule has 8 aliphatic rings. The second-order valence-corrected chi connectivity index (χ2v) is 23.6. The molecule has 12 N–H and O–H groups in total. The zero-order valence-corrected chi connectivity index (χ0v) is 40.0. The van der Waals surface area contributed by atoms with E-state index in [1.54, 1.807) is 0 Å². The van der Waals surface area contributed by atoms with Crippen LogP contribution in [0, 0.1) is 50.2 Å². The summed E-state index contributed by atoms with van der Waals surface area (Å²) >= 11 is 0. The van der Waals surface area contributed by atoms with Crippen molar-refractivity contribution >= 4 is 11.9 Å². The van der Waals surface area contributed by atoms with Crippen LogP contribution in [0.2, 0.25) is 0 Å². The highest BCUT2D eigenvalue weighted by atomic mass is 16.7. The Hall–Kier alpha value is -1.96. The number of fused-ring (bicyclic) bond motifs is 7. The maximum absolute atomic E-state index is 14.7. The van der Waals surface area contributed by atoms with Crippen LogP contribution in [-0.4, -0.2) is 191 Å². The third kappa shape index (κ3) is 7.94. The molecule has 388 valence electrons. The Morgan fingerprint density at radius 3 is 1.84 bits per heavy atom. The van der Waals surface area contributed by atoms with Crippen molar-refractivity contribution < 1.29 is 99.3 Å². The molecule has 0 bridgehead atoms. The van der Waals surface area contributed by atoms with Crippen LogP contribution in [0.3, 0.4) is 0 Å². The van der Waals surface area contributed by atoms with Crippen LogP contribution in [0.1, 0.15) is 106 Å². The van der Waals surface area contributed by atoms with Crippen molar-refractivity contribution in [3.63, 3.8) is 0 Å². The van der Waals surface area contributed by atoms with Crippen LogP contribution in [0.5, 0.6) is 0 Å². The number of carboxylic acids is 1. The lowest BCUT2D eigenvalue weighted by Gasteiger charge is -2.71. The summed E-state index contributed by atoms with van der Waals surface area (Å²) in [5.74, 6) is -2.65.